The van der Waals surface area contributed by atoms with Crippen molar-refractivity contribution >= 4 is 33.5 Å². The smallest absolute Gasteiger partial charge is 0.296 e. The molecule has 0 spiro atoms. The summed E-state index contributed by atoms with van der Waals surface area (Å²) in [4.78, 5) is 29.2. The van der Waals surface area contributed by atoms with Gasteiger partial charge in [-0.1, -0.05) is 41.6 Å². The van der Waals surface area contributed by atoms with Crippen LogP contribution in [0.5, 0.6) is 11.5 Å². The summed E-state index contributed by atoms with van der Waals surface area (Å²) in [6, 6.07) is 17.4. The van der Waals surface area contributed by atoms with Gasteiger partial charge in [0.2, 0.25) is 5.76 Å². The zero-order valence-electron chi connectivity index (χ0n) is 19.9. The van der Waals surface area contributed by atoms with Crippen molar-refractivity contribution in [1.82, 2.24) is 5.16 Å². The molecule has 180 valence electrons. The number of amides is 1. The average molecular weight is 482 g/mol. The van der Waals surface area contributed by atoms with Crippen molar-refractivity contribution in [1.29, 1.82) is 0 Å². The van der Waals surface area contributed by atoms with Crippen molar-refractivity contribution in [2.75, 3.05) is 18.6 Å². The first-order chi connectivity index (χ1) is 17.5. The average Bonchev–Trinajstić information content (AvgIpc) is 3.45. The maximum Gasteiger partial charge on any atom is 0.296 e. The van der Waals surface area contributed by atoms with E-state index < -0.39 is 11.9 Å². The Morgan fingerprint density at radius 2 is 1.83 bits per heavy atom. The molecule has 0 fully saturated rings. The fourth-order valence-electron chi connectivity index (χ4n) is 4.85. The third kappa shape index (κ3) is 3.18. The minimum absolute atomic E-state index is 0.0117. The van der Waals surface area contributed by atoms with Crippen LogP contribution in [0.1, 0.15) is 40.4 Å². The molecule has 0 N–H and O–H groups in total. The van der Waals surface area contributed by atoms with Crippen LogP contribution in [0, 0.1) is 6.92 Å². The molecular weight excluding hydrogens is 460 g/mol. The number of aryl methyl sites for hydroxylation is 1. The zero-order valence-corrected chi connectivity index (χ0v) is 19.9. The molecule has 0 aliphatic carbocycles. The number of methoxy groups -OCH3 is 1. The number of carbonyl (C=O) groups excluding carboxylic acids is 1. The zero-order chi connectivity index (χ0) is 25.0. The van der Waals surface area contributed by atoms with Crippen LogP contribution in [0.4, 0.5) is 5.82 Å². The highest BCUT2D eigenvalue weighted by molar-refractivity contribution is 6.12. The lowest BCUT2D eigenvalue weighted by atomic mass is 9.97. The Morgan fingerprint density at radius 3 is 2.58 bits per heavy atom. The Morgan fingerprint density at radius 1 is 1.00 bits per heavy atom. The highest BCUT2D eigenvalue weighted by atomic mass is 16.5. The second kappa shape index (κ2) is 8.27. The summed E-state index contributed by atoms with van der Waals surface area (Å²) < 4.78 is 22.7. The van der Waals surface area contributed by atoms with Crippen LogP contribution >= 0.6 is 0 Å². The van der Waals surface area contributed by atoms with Crippen molar-refractivity contribution in [3.05, 3.63) is 93.5 Å². The van der Waals surface area contributed by atoms with E-state index in [1.807, 2.05) is 43.3 Å². The SMILES string of the molecule is CCOc1ccc(C2c3c(oc4c(ccc5ccccc54)c3=O)C(=O)N2c2cc(C)on2)cc1OC. The van der Waals surface area contributed by atoms with E-state index in [0.717, 1.165) is 10.8 Å². The lowest BCUT2D eigenvalue weighted by molar-refractivity contribution is 0.0969. The Hall–Kier alpha value is -4.59. The third-order valence-corrected chi connectivity index (χ3v) is 6.43. The van der Waals surface area contributed by atoms with Crippen molar-refractivity contribution in [2.24, 2.45) is 0 Å². The van der Waals surface area contributed by atoms with E-state index >= 15 is 0 Å². The number of nitrogens with zero attached hydrogens (tertiary/aromatic N) is 2. The van der Waals surface area contributed by atoms with E-state index in [4.69, 9.17) is 18.4 Å². The van der Waals surface area contributed by atoms with Crippen LogP contribution in [-0.2, 0) is 0 Å². The minimum atomic E-state index is -0.798. The van der Waals surface area contributed by atoms with Crippen molar-refractivity contribution in [2.45, 2.75) is 19.9 Å². The highest BCUT2D eigenvalue weighted by Crippen LogP contribution is 2.43. The van der Waals surface area contributed by atoms with Crippen molar-refractivity contribution in [3.63, 3.8) is 0 Å². The first kappa shape index (κ1) is 21.9. The maximum absolute atomic E-state index is 14.0. The molecule has 5 aromatic rings. The number of carbonyl (C=O) groups is 1. The number of rotatable bonds is 5. The molecule has 0 saturated carbocycles. The number of aromatic nitrogens is 1. The topological polar surface area (TPSA) is 95.0 Å². The Labute approximate surface area is 205 Å². The molecule has 1 unspecified atom stereocenters. The van der Waals surface area contributed by atoms with E-state index in [-0.39, 0.29) is 22.6 Å². The van der Waals surface area contributed by atoms with Gasteiger partial charge in [-0.15, -0.1) is 0 Å². The summed E-state index contributed by atoms with van der Waals surface area (Å²) in [5, 5.41) is 6.15. The molecule has 3 aromatic carbocycles. The van der Waals surface area contributed by atoms with Crippen LogP contribution < -0.4 is 19.8 Å². The van der Waals surface area contributed by atoms with Gasteiger partial charge in [0, 0.05) is 11.5 Å². The molecule has 1 amide bonds. The van der Waals surface area contributed by atoms with Crippen LogP contribution in [0.3, 0.4) is 0 Å². The molecule has 8 nitrogen and oxygen atoms in total. The van der Waals surface area contributed by atoms with Crippen molar-refractivity contribution in [3.8, 4) is 11.5 Å². The van der Waals surface area contributed by atoms with Gasteiger partial charge in [0.05, 0.1) is 30.7 Å². The Bertz CT molecular complexity index is 1720. The van der Waals surface area contributed by atoms with E-state index in [0.29, 0.717) is 40.4 Å². The Balaban J connectivity index is 1.64. The summed E-state index contributed by atoms with van der Waals surface area (Å²) in [5.41, 5.74) is 1.00. The standard InChI is InChI=1S/C28H22N2O6/c1-4-34-20-12-10-17(14-21(20)33-3)24-23-25(31)19-11-9-16-7-5-6-8-18(16)26(19)35-27(23)28(32)30(24)22-13-15(2)36-29-22/h5-14,24H,4H2,1-3H3. The minimum Gasteiger partial charge on any atom is -0.493 e. The molecule has 6 rings (SSSR count). The molecule has 1 atom stereocenters. The number of benzene rings is 3. The van der Waals surface area contributed by atoms with E-state index in [1.54, 1.807) is 38.3 Å². The Kier molecular flexibility index (Phi) is 5.03. The molecule has 0 saturated heterocycles. The van der Waals surface area contributed by atoms with E-state index in [9.17, 15) is 9.59 Å². The number of hydrogen-bond acceptors (Lipinski definition) is 7. The van der Waals surface area contributed by atoms with Gasteiger partial charge in [0.1, 0.15) is 11.3 Å². The molecule has 1 aliphatic rings. The van der Waals surface area contributed by atoms with Gasteiger partial charge in [-0.05, 0) is 43.0 Å². The summed E-state index contributed by atoms with van der Waals surface area (Å²) >= 11 is 0. The highest BCUT2D eigenvalue weighted by Gasteiger charge is 2.45. The number of ether oxygens (including phenoxy) is 2. The molecule has 1 aliphatic heterocycles. The van der Waals surface area contributed by atoms with Gasteiger partial charge in [0.25, 0.3) is 5.91 Å². The van der Waals surface area contributed by atoms with Crippen LogP contribution in [0.2, 0.25) is 0 Å². The fourth-order valence-corrected chi connectivity index (χ4v) is 4.85. The predicted octanol–water partition coefficient (Wildman–Crippen LogP) is 5.40. The first-order valence-electron chi connectivity index (χ1n) is 11.6. The fraction of sp³-hybridized carbons (Fsp3) is 0.179. The number of fused-ring (bicyclic) bond motifs is 4. The van der Waals surface area contributed by atoms with Gasteiger partial charge >= 0.3 is 0 Å². The van der Waals surface area contributed by atoms with Crippen LogP contribution in [-0.4, -0.2) is 24.8 Å². The predicted molar refractivity (Wildman–Crippen MR) is 134 cm³/mol. The molecular formula is C28H22N2O6. The monoisotopic (exact) mass is 482 g/mol. The van der Waals surface area contributed by atoms with Gasteiger partial charge in [0.15, 0.2) is 22.7 Å². The lowest BCUT2D eigenvalue weighted by Crippen LogP contribution is -2.29. The van der Waals surface area contributed by atoms with E-state index in [1.165, 1.54) is 4.90 Å². The quantitative estimate of drug-likeness (QED) is 0.310. The molecule has 2 aromatic heterocycles. The maximum atomic E-state index is 14.0. The first-order valence-corrected chi connectivity index (χ1v) is 11.6. The van der Waals surface area contributed by atoms with Crippen molar-refractivity contribution < 1.29 is 23.2 Å². The van der Waals surface area contributed by atoms with Gasteiger partial charge in [-0.25, -0.2) is 0 Å². The molecule has 36 heavy (non-hydrogen) atoms. The molecule has 3 heterocycles. The lowest BCUT2D eigenvalue weighted by Gasteiger charge is -2.23. The summed E-state index contributed by atoms with van der Waals surface area (Å²) in [5.74, 6) is 1.39. The second-order valence-corrected chi connectivity index (χ2v) is 8.55. The summed E-state index contributed by atoms with van der Waals surface area (Å²) in [6.45, 7) is 4.09. The third-order valence-electron chi connectivity index (χ3n) is 6.43. The molecule has 0 bridgehead atoms. The van der Waals surface area contributed by atoms with Gasteiger partial charge in [-0.2, -0.15) is 0 Å². The van der Waals surface area contributed by atoms with E-state index in [2.05, 4.69) is 5.16 Å². The normalized spacial score (nSPS) is 15.0. The molecule has 0 radical (unpaired) electrons. The van der Waals surface area contributed by atoms with Gasteiger partial charge < -0.3 is 18.4 Å². The van der Waals surface area contributed by atoms with Crippen LogP contribution in [0.25, 0.3) is 21.7 Å². The number of anilines is 1. The summed E-state index contributed by atoms with van der Waals surface area (Å²) in [7, 11) is 1.54. The van der Waals surface area contributed by atoms with Crippen LogP contribution in [0.15, 0.2) is 74.4 Å². The second-order valence-electron chi connectivity index (χ2n) is 8.55. The largest absolute Gasteiger partial charge is 0.493 e. The number of hydrogen-bond donors (Lipinski definition) is 0. The van der Waals surface area contributed by atoms with Gasteiger partial charge in [-0.3, -0.25) is 14.5 Å². The summed E-state index contributed by atoms with van der Waals surface area (Å²) in [6.07, 6.45) is 0. The molecule has 8 heteroatoms.